The average Bonchev–Trinajstić information content (AvgIpc) is 3.43. The van der Waals surface area contributed by atoms with E-state index in [-0.39, 0.29) is 102 Å². The normalized spacial score (nSPS) is 10.7. The van der Waals surface area contributed by atoms with Crippen LogP contribution in [-0.2, 0) is 107 Å². The minimum absolute atomic E-state index is 0. The average molecular weight is 1360 g/mol. The molecule has 464 valence electrons. The quantitative estimate of drug-likeness (QED) is 0.0261. The van der Waals surface area contributed by atoms with E-state index in [4.69, 9.17) is 9.47 Å². The molecule has 82 heavy (non-hydrogen) atoms. The Hall–Kier alpha value is 0.774. The Kier molecular flexibility index (Phi) is 98.5. The summed E-state index contributed by atoms with van der Waals surface area (Å²) in [6.07, 6.45) is 80.2. The van der Waals surface area contributed by atoms with Crippen LogP contribution in [0.15, 0.2) is 0 Å². The second kappa shape index (κ2) is 86.0. The van der Waals surface area contributed by atoms with E-state index < -0.39 is 0 Å². The van der Waals surface area contributed by atoms with Crippen molar-refractivity contribution in [3.63, 3.8) is 0 Å². The number of hydrogen-bond donors (Lipinski definition) is 0. The summed E-state index contributed by atoms with van der Waals surface area (Å²) >= 11 is 0. The summed E-state index contributed by atoms with van der Waals surface area (Å²) in [6, 6.07) is 0. The molecule has 0 aliphatic heterocycles. The van der Waals surface area contributed by atoms with E-state index in [9.17, 15) is 19.2 Å². The van der Waals surface area contributed by atoms with E-state index in [2.05, 4.69) is 27.7 Å². The summed E-state index contributed by atoms with van der Waals surface area (Å²) < 4.78 is 10.0. The maximum absolute atomic E-state index is 11.9. The maximum Gasteiger partial charge on any atom is 2.00 e. The Balaban J connectivity index is -0.000000336. The van der Waals surface area contributed by atoms with Crippen LogP contribution >= 0.6 is 0 Å². The Morgan fingerprint density at radius 2 is 0.244 bits per heavy atom. The van der Waals surface area contributed by atoms with Crippen molar-refractivity contribution in [3.8, 4) is 0 Å². The molecule has 0 atom stereocenters. The summed E-state index contributed by atoms with van der Waals surface area (Å²) in [5, 5.41) is 0. The number of hydrogen-bond acceptors (Lipinski definition) is 6. The molecule has 0 heterocycles. The van der Waals surface area contributed by atoms with Gasteiger partial charge in [-0.25, -0.2) is 0 Å². The van der Waals surface area contributed by atoms with Gasteiger partial charge >= 0.3 is 102 Å². The second-order valence-corrected chi connectivity index (χ2v) is 24.5. The molecule has 0 saturated heterocycles. The van der Waals surface area contributed by atoms with Crippen molar-refractivity contribution in [1.82, 2.24) is 0 Å². The third-order valence-electron chi connectivity index (χ3n) is 16.4. The molecule has 0 fully saturated rings. The Morgan fingerprint density at radius 3 is 0.341 bits per heavy atom. The molecule has 0 aliphatic rings. The van der Waals surface area contributed by atoms with Gasteiger partial charge in [0.25, 0.3) is 0 Å². The Morgan fingerprint density at radius 1 is 0.159 bits per heavy atom. The molecule has 0 radical (unpaired) electrons. The third-order valence-corrected chi connectivity index (χ3v) is 16.4. The third kappa shape index (κ3) is 87.2. The smallest absolute Gasteiger partial charge is 0.393 e. The van der Waals surface area contributed by atoms with E-state index in [1.165, 1.54) is 334 Å². The van der Waals surface area contributed by atoms with E-state index in [1.807, 2.05) is 0 Å². The molecule has 0 amide bonds. The topological polar surface area (TPSA) is 86.7 Å². The van der Waals surface area contributed by atoms with Crippen molar-refractivity contribution >= 4 is 23.9 Å². The maximum atomic E-state index is 11.9. The van der Waals surface area contributed by atoms with Gasteiger partial charge in [-0.1, -0.05) is 387 Å². The molecule has 0 N–H and O–H groups in total. The van der Waals surface area contributed by atoms with E-state index in [0.29, 0.717) is 25.7 Å². The number of carbonyl (C=O) groups is 4. The van der Waals surface area contributed by atoms with Crippen molar-refractivity contribution in [1.29, 1.82) is 0 Å². The van der Waals surface area contributed by atoms with Gasteiger partial charge in [0.2, 0.25) is 0 Å². The predicted octanol–water partition coefficient (Wildman–Crippen LogP) is 25.1. The molecule has 10 heteroatoms. The zero-order chi connectivity index (χ0) is 57.0. The van der Waals surface area contributed by atoms with Crippen LogP contribution < -0.4 is 0 Å². The minimum atomic E-state index is -0.323. The monoisotopic (exact) mass is 1360 g/mol. The molecule has 6 nitrogen and oxygen atoms in total. The van der Waals surface area contributed by atoms with E-state index >= 15 is 0 Å². The van der Waals surface area contributed by atoms with Gasteiger partial charge in [0.05, 0.1) is 0 Å². The van der Waals surface area contributed by atoms with E-state index in [0.717, 1.165) is 51.4 Å². The fourth-order valence-electron chi connectivity index (χ4n) is 11.0. The van der Waals surface area contributed by atoms with Crippen LogP contribution in [-0.4, -0.2) is 23.9 Å². The van der Waals surface area contributed by atoms with Crippen LogP contribution in [0.25, 0.3) is 0 Å². The first-order valence-electron chi connectivity index (χ1n) is 35.9. The first kappa shape index (κ1) is 93.9. The van der Waals surface area contributed by atoms with Crippen LogP contribution in [0, 0.1) is 0 Å². The van der Waals surface area contributed by atoms with Gasteiger partial charge in [-0.2, -0.15) is 0 Å². The number of unbranched alkanes of at least 4 members (excludes halogenated alkanes) is 56. The first-order valence-corrected chi connectivity index (χ1v) is 35.9. The van der Waals surface area contributed by atoms with Crippen molar-refractivity contribution in [2.45, 2.75) is 439 Å². The summed E-state index contributed by atoms with van der Waals surface area (Å²) in [7, 11) is 0. The fourth-order valence-corrected chi connectivity index (χ4v) is 11.0. The van der Waals surface area contributed by atoms with Crippen molar-refractivity contribution < 1.29 is 107 Å². The molecule has 0 unspecified atom stereocenters. The van der Waals surface area contributed by atoms with Gasteiger partial charge in [0.15, 0.2) is 0 Å². The first-order chi connectivity index (χ1) is 38.4. The second-order valence-electron chi connectivity index (χ2n) is 24.5. The summed E-state index contributed by atoms with van der Waals surface area (Å²) in [6.45, 7) is 9.11. The van der Waals surface area contributed by atoms with Crippen molar-refractivity contribution in [2.75, 3.05) is 0 Å². The van der Waals surface area contributed by atoms with Gasteiger partial charge in [-0.3, -0.25) is 19.2 Å². The van der Waals surface area contributed by atoms with Crippen molar-refractivity contribution in [2.24, 2.45) is 0 Å². The van der Waals surface area contributed by atoms with Crippen LogP contribution in [0.4, 0.5) is 0 Å². The molecule has 0 rings (SSSR count). The SMILES string of the molecule is CCCCCCCCCCCCCCCCCC(=O)OC(=O)CCCCCCCCCCCCCCCCC.CCCCCCCCCCCCCCCCCC(=O)OC(=O)CCCCCCCCCCCCCCCCC.[Zn+2].[Zn+2].[Zn+2].[Zn+2]. The molecule has 0 spiro atoms. The van der Waals surface area contributed by atoms with E-state index in [1.54, 1.807) is 0 Å². The molecule has 0 bridgehead atoms. The molecule has 0 aromatic heterocycles. The summed E-state index contributed by atoms with van der Waals surface area (Å²) in [5.41, 5.74) is 0. The summed E-state index contributed by atoms with van der Waals surface area (Å²) in [5.74, 6) is -1.29. The van der Waals surface area contributed by atoms with Gasteiger partial charge < -0.3 is 9.47 Å². The minimum Gasteiger partial charge on any atom is -0.393 e. The van der Waals surface area contributed by atoms with Crippen molar-refractivity contribution in [3.05, 3.63) is 0 Å². The number of ether oxygens (including phenoxy) is 2. The van der Waals surface area contributed by atoms with Crippen LogP contribution in [0.3, 0.4) is 0 Å². The molecule has 0 saturated carbocycles. The molecular weight excluding hydrogens is 1220 g/mol. The van der Waals surface area contributed by atoms with Gasteiger partial charge in [0.1, 0.15) is 0 Å². The Labute approximate surface area is 564 Å². The van der Waals surface area contributed by atoms with Gasteiger partial charge in [-0.05, 0) is 25.7 Å². The fraction of sp³-hybridized carbons (Fsp3) is 0.944. The van der Waals surface area contributed by atoms with Crippen LogP contribution in [0.1, 0.15) is 439 Å². The van der Waals surface area contributed by atoms with Gasteiger partial charge in [0, 0.05) is 25.7 Å². The summed E-state index contributed by atoms with van der Waals surface area (Å²) in [4.78, 5) is 47.6. The number of carbonyl (C=O) groups excluding carboxylic acids is 4. The largest absolute Gasteiger partial charge is 2.00 e. The standard InChI is InChI=1S/2C36H70O3.4Zn/c2*1-3-5-7-9-11-13-15-17-19-21-23-25-27-29-31-33-35(37)39-36(38)34-32-30-28-26-24-22-20-18-16-14-12-10-8-6-4-2;;;;/h2*3-34H2,1-2H3;;;;/q;;4*+2. The Bertz CT molecular complexity index is 1030. The van der Waals surface area contributed by atoms with Crippen LogP contribution in [0.2, 0.25) is 0 Å². The molecular formula is C72H140O6Zn4+8. The zero-order valence-corrected chi connectivity index (χ0v) is 68.4. The zero-order valence-electron chi connectivity index (χ0n) is 56.5. The molecule has 0 aromatic rings. The molecule has 0 aromatic carbocycles. The number of rotatable bonds is 64. The number of esters is 4. The van der Waals surface area contributed by atoms with Gasteiger partial charge in [-0.15, -0.1) is 0 Å². The predicted molar refractivity (Wildman–Crippen MR) is 340 cm³/mol. The molecule has 0 aliphatic carbocycles. The van der Waals surface area contributed by atoms with Crippen LogP contribution in [0.5, 0.6) is 0 Å².